The predicted octanol–water partition coefficient (Wildman–Crippen LogP) is 2.80. The van der Waals surface area contributed by atoms with Crippen molar-refractivity contribution in [1.82, 2.24) is 9.80 Å². The lowest BCUT2D eigenvalue weighted by Gasteiger charge is -2.22. The van der Waals surface area contributed by atoms with Crippen LogP contribution in [-0.4, -0.2) is 48.5 Å². The van der Waals surface area contributed by atoms with Gasteiger partial charge in [-0.05, 0) is 24.1 Å². The first-order valence-electron chi connectivity index (χ1n) is 8.53. The van der Waals surface area contributed by atoms with Crippen molar-refractivity contribution >= 4 is 5.91 Å². The second kappa shape index (κ2) is 8.50. The second-order valence-corrected chi connectivity index (χ2v) is 6.09. The zero-order chi connectivity index (χ0) is 16.6. The van der Waals surface area contributed by atoms with Crippen molar-refractivity contribution < 1.29 is 9.53 Å². The maximum absolute atomic E-state index is 12.5. The predicted molar refractivity (Wildman–Crippen MR) is 94.9 cm³/mol. The number of benzene rings is 2. The lowest BCUT2D eigenvalue weighted by molar-refractivity contribution is -0.131. The van der Waals surface area contributed by atoms with Crippen molar-refractivity contribution in [2.24, 2.45) is 0 Å². The van der Waals surface area contributed by atoms with Gasteiger partial charge < -0.3 is 9.64 Å². The van der Waals surface area contributed by atoms with Crippen LogP contribution in [0.25, 0.3) is 0 Å². The number of amides is 1. The number of carbonyl (C=O) groups excluding carboxylic acids is 1. The van der Waals surface area contributed by atoms with Crippen LogP contribution in [-0.2, 0) is 11.3 Å². The first-order chi connectivity index (χ1) is 11.8. The maximum Gasteiger partial charge on any atom is 0.237 e. The van der Waals surface area contributed by atoms with Gasteiger partial charge in [0.05, 0.1) is 6.54 Å². The van der Waals surface area contributed by atoms with Gasteiger partial charge in [-0.25, -0.2) is 0 Å². The van der Waals surface area contributed by atoms with E-state index in [-0.39, 0.29) is 5.91 Å². The number of carbonyl (C=O) groups is 1. The summed E-state index contributed by atoms with van der Waals surface area (Å²) in [6.07, 6.45) is 1.00. The molecule has 1 fully saturated rings. The molecule has 126 valence electrons. The molecule has 1 amide bonds. The Morgan fingerprint density at radius 1 is 0.917 bits per heavy atom. The molecule has 1 aliphatic heterocycles. The summed E-state index contributed by atoms with van der Waals surface area (Å²) in [5, 5.41) is 0. The highest BCUT2D eigenvalue weighted by Gasteiger charge is 2.21. The van der Waals surface area contributed by atoms with Crippen molar-refractivity contribution in [3.8, 4) is 5.75 Å². The molecule has 0 radical (unpaired) electrons. The minimum Gasteiger partial charge on any atom is -0.492 e. The van der Waals surface area contributed by atoms with Gasteiger partial charge in [0.1, 0.15) is 12.4 Å². The highest BCUT2D eigenvalue weighted by Crippen LogP contribution is 2.11. The van der Waals surface area contributed by atoms with E-state index in [1.165, 1.54) is 5.56 Å². The standard InChI is InChI=1S/C20H24N2O2/c23-20-17-21(14-15-24-19-10-5-2-6-11-19)12-7-13-22(20)16-18-8-3-1-4-9-18/h1-6,8-11H,7,12-17H2. The van der Waals surface area contributed by atoms with Crippen LogP contribution in [0, 0.1) is 0 Å². The third-order valence-electron chi connectivity index (χ3n) is 4.25. The molecule has 4 heteroatoms. The van der Waals surface area contributed by atoms with Crippen LogP contribution in [0.4, 0.5) is 0 Å². The van der Waals surface area contributed by atoms with E-state index < -0.39 is 0 Å². The van der Waals surface area contributed by atoms with Gasteiger partial charge in [-0.2, -0.15) is 0 Å². The monoisotopic (exact) mass is 324 g/mol. The molecular formula is C20H24N2O2. The normalized spacial score (nSPS) is 16.0. The van der Waals surface area contributed by atoms with Gasteiger partial charge in [0.15, 0.2) is 0 Å². The van der Waals surface area contributed by atoms with Gasteiger partial charge in [0, 0.05) is 26.2 Å². The average molecular weight is 324 g/mol. The van der Waals surface area contributed by atoms with Gasteiger partial charge in [0.25, 0.3) is 0 Å². The molecular weight excluding hydrogens is 300 g/mol. The fourth-order valence-corrected chi connectivity index (χ4v) is 2.95. The minimum absolute atomic E-state index is 0.205. The van der Waals surface area contributed by atoms with Gasteiger partial charge in [-0.1, -0.05) is 48.5 Å². The largest absolute Gasteiger partial charge is 0.492 e. The summed E-state index contributed by atoms with van der Waals surface area (Å²) in [4.78, 5) is 16.7. The molecule has 1 saturated heterocycles. The summed E-state index contributed by atoms with van der Waals surface area (Å²) in [5.41, 5.74) is 1.19. The average Bonchev–Trinajstić information content (AvgIpc) is 2.78. The van der Waals surface area contributed by atoms with Gasteiger partial charge in [0.2, 0.25) is 5.91 Å². The highest BCUT2D eigenvalue weighted by molar-refractivity contribution is 5.78. The minimum atomic E-state index is 0.205. The fourth-order valence-electron chi connectivity index (χ4n) is 2.95. The van der Waals surface area contributed by atoms with Crippen molar-refractivity contribution in [3.05, 3.63) is 66.2 Å². The van der Waals surface area contributed by atoms with E-state index in [0.29, 0.717) is 19.7 Å². The van der Waals surface area contributed by atoms with Crippen LogP contribution in [0.5, 0.6) is 5.75 Å². The summed E-state index contributed by atoms with van der Waals surface area (Å²) >= 11 is 0. The molecule has 2 aromatic rings. The number of ether oxygens (including phenoxy) is 1. The molecule has 0 N–H and O–H groups in total. The Kier molecular flexibility index (Phi) is 5.85. The summed E-state index contributed by atoms with van der Waals surface area (Å²) in [6.45, 7) is 4.33. The maximum atomic E-state index is 12.5. The van der Waals surface area contributed by atoms with Crippen molar-refractivity contribution in [3.63, 3.8) is 0 Å². The van der Waals surface area contributed by atoms with Crippen LogP contribution in [0.2, 0.25) is 0 Å². The Morgan fingerprint density at radius 2 is 1.62 bits per heavy atom. The Labute approximate surface area is 143 Å². The number of rotatable bonds is 6. The van der Waals surface area contributed by atoms with E-state index in [4.69, 9.17) is 4.74 Å². The molecule has 0 saturated carbocycles. The highest BCUT2D eigenvalue weighted by atomic mass is 16.5. The molecule has 24 heavy (non-hydrogen) atoms. The molecule has 3 rings (SSSR count). The Bertz CT molecular complexity index is 631. The fraction of sp³-hybridized carbons (Fsp3) is 0.350. The lowest BCUT2D eigenvalue weighted by atomic mass is 10.2. The third kappa shape index (κ3) is 4.83. The van der Waals surface area contributed by atoms with Crippen LogP contribution in [0.15, 0.2) is 60.7 Å². The molecule has 0 atom stereocenters. The number of hydrogen-bond donors (Lipinski definition) is 0. The quantitative estimate of drug-likeness (QED) is 0.819. The van der Waals surface area contributed by atoms with Crippen LogP contribution >= 0.6 is 0 Å². The van der Waals surface area contributed by atoms with E-state index in [9.17, 15) is 4.79 Å². The summed E-state index contributed by atoms with van der Waals surface area (Å²) in [7, 11) is 0. The molecule has 0 aromatic heterocycles. The zero-order valence-corrected chi connectivity index (χ0v) is 13.9. The topological polar surface area (TPSA) is 32.8 Å². The summed E-state index contributed by atoms with van der Waals surface area (Å²) in [5.74, 6) is 1.08. The molecule has 4 nitrogen and oxygen atoms in total. The molecule has 1 aliphatic rings. The number of hydrogen-bond acceptors (Lipinski definition) is 3. The summed E-state index contributed by atoms with van der Waals surface area (Å²) < 4.78 is 5.74. The lowest BCUT2D eigenvalue weighted by Crippen LogP contribution is -2.37. The number of para-hydroxylation sites is 1. The van der Waals surface area contributed by atoms with Gasteiger partial charge >= 0.3 is 0 Å². The molecule has 0 spiro atoms. The first kappa shape index (κ1) is 16.5. The van der Waals surface area contributed by atoms with E-state index in [1.807, 2.05) is 53.4 Å². The SMILES string of the molecule is O=C1CN(CCOc2ccccc2)CCCN1Cc1ccccc1. The first-order valence-corrected chi connectivity index (χ1v) is 8.53. The summed E-state index contributed by atoms with van der Waals surface area (Å²) in [6, 6.07) is 20.0. The van der Waals surface area contributed by atoms with Crippen LogP contribution in [0.1, 0.15) is 12.0 Å². The van der Waals surface area contributed by atoms with E-state index >= 15 is 0 Å². The van der Waals surface area contributed by atoms with Crippen LogP contribution in [0.3, 0.4) is 0 Å². The van der Waals surface area contributed by atoms with Gasteiger partial charge in [-0.3, -0.25) is 9.69 Å². The van der Waals surface area contributed by atoms with Crippen LogP contribution < -0.4 is 4.74 Å². The van der Waals surface area contributed by atoms with Gasteiger partial charge in [-0.15, -0.1) is 0 Å². The zero-order valence-electron chi connectivity index (χ0n) is 13.9. The molecule has 0 unspecified atom stereocenters. The smallest absolute Gasteiger partial charge is 0.237 e. The van der Waals surface area contributed by atoms with E-state index in [2.05, 4.69) is 17.0 Å². The third-order valence-corrected chi connectivity index (χ3v) is 4.25. The Hall–Kier alpha value is -2.33. The second-order valence-electron chi connectivity index (χ2n) is 6.09. The van der Waals surface area contributed by atoms with E-state index in [1.54, 1.807) is 0 Å². The molecule has 1 heterocycles. The Morgan fingerprint density at radius 3 is 2.38 bits per heavy atom. The van der Waals surface area contributed by atoms with E-state index in [0.717, 1.165) is 31.8 Å². The Balaban J connectivity index is 1.47. The molecule has 0 aliphatic carbocycles. The molecule has 2 aromatic carbocycles. The number of nitrogens with zero attached hydrogens (tertiary/aromatic N) is 2. The van der Waals surface area contributed by atoms with Crippen molar-refractivity contribution in [1.29, 1.82) is 0 Å². The van der Waals surface area contributed by atoms with Crippen molar-refractivity contribution in [2.75, 3.05) is 32.8 Å². The molecule has 0 bridgehead atoms. The van der Waals surface area contributed by atoms with Crippen molar-refractivity contribution in [2.45, 2.75) is 13.0 Å².